The SMILES string of the molecule is CCOc1ccc(/C=N\n2c(-c3ccc(C(C)(C)C)cc3)n[nH]c2=S)cc1. The molecule has 0 aliphatic carbocycles. The number of aromatic amines is 1. The summed E-state index contributed by atoms with van der Waals surface area (Å²) in [5, 5.41) is 11.7. The zero-order chi connectivity index (χ0) is 19.4. The van der Waals surface area contributed by atoms with E-state index < -0.39 is 0 Å². The summed E-state index contributed by atoms with van der Waals surface area (Å²) in [6.45, 7) is 9.19. The van der Waals surface area contributed by atoms with E-state index in [1.165, 1.54) is 5.56 Å². The average molecular weight is 381 g/mol. The minimum absolute atomic E-state index is 0.106. The lowest BCUT2D eigenvalue weighted by Crippen LogP contribution is -2.10. The Kier molecular flexibility index (Phi) is 5.56. The van der Waals surface area contributed by atoms with Gasteiger partial charge >= 0.3 is 0 Å². The van der Waals surface area contributed by atoms with Crippen molar-refractivity contribution in [3.63, 3.8) is 0 Å². The van der Waals surface area contributed by atoms with Crippen molar-refractivity contribution in [2.24, 2.45) is 5.10 Å². The van der Waals surface area contributed by atoms with Crippen molar-refractivity contribution in [1.29, 1.82) is 0 Å². The first kappa shape index (κ1) is 19.0. The summed E-state index contributed by atoms with van der Waals surface area (Å²) >= 11 is 5.34. The van der Waals surface area contributed by atoms with E-state index in [0.717, 1.165) is 16.9 Å². The molecule has 1 aromatic heterocycles. The summed E-state index contributed by atoms with van der Waals surface area (Å²) in [6, 6.07) is 16.1. The van der Waals surface area contributed by atoms with Crippen molar-refractivity contribution >= 4 is 18.4 Å². The molecular formula is C21H24N4OS. The van der Waals surface area contributed by atoms with Gasteiger partial charge in [0.25, 0.3) is 0 Å². The maximum absolute atomic E-state index is 5.46. The van der Waals surface area contributed by atoms with E-state index in [1.54, 1.807) is 10.9 Å². The Morgan fingerprint density at radius 3 is 2.37 bits per heavy atom. The van der Waals surface area contributed by atoms with Crippen molar-refractivity contribution in [2.45, 2.75) is 33.1 Å². The number of hydrogen-bond donors (Lipinski definition) is 1. The van der Waals surface area contributed by atoms with E-state index in [1.807, 2.05) is 31.2 Å². The van der Waals surface area contributed by atoms with Crippen molar-refractivity contribution in [3.8, 4) is 17.1 Å². The first-order valence-electron chi connectivity index (χ1n) is 8.94. The molecule has 3 aromatic rings. The van der Waals surface area contributed by atoms with Crippen molar-refractivity contribution in [2.75, 3.05) is 6.61 Å². The Bertz CT molecular complexity index is 977. The van der Waals surface area contributed by atoms with Gasteiger partial charge in [0.15, 0.2) is 5.82 Å². The fraction of sp³-hybridized carbons (Fsp3) is 0.286. The largest absolute Gasteiger partial charge is 0.494 e. The number of rotatable bonds is 5. The molecule has 0 radical (unpaired) electrons. The molecule has 3 rings (SSSR count). The van der Waals surface area contributed by atoms with Crippen LogP contribution in [-0.2, 0) is 5.41 Å². The van der Waals surface area contributed by atoms with Crippen molar-refractivity contribution in [1.82, 2.24) is 14.9 Å². The van der Waals surface area contributed by atoms with Gasteiger partial charge in [0.1, 0.15) is 5.75 Å². The first-order valence-corrected chi connectivity index (χ1v) is 9.35. The summed E-state index contributed by atoms with van der Waals surface area (Å²) in [7, 11) is 0. The van der Waals surface area contributed by atoms with Crippen molar-refractivity contribution < 1.29 is 4.74 Å². The highest BCUT2D eigenvalue weighted by atomic mass is 32.1. The lowest BCUT2D eigenvalue weighted by Gasteiger charge is -2.18. The average Bonchev–Trinajstić information content (AvgIpc) is 3.01. The normalized spacial score (nSPS) is 11.9. The van der Waals surface area contributed by atoms with E-state index in [4.69, 9.17) is 17.0 Å². The molecule has 0 aliphatic heterocycles. The lowest BCUT2D eigenvalue weighted by molar-refractivity contribution is 0.340. The summed E-state index contributed by atoms with van der Waals surface area (Å²) in [6.07, 6.45) is 1.76. The van der Waals surface area contributed by atoms with Crippen LogP contribution in [0.3, 0.4) is 0 Å². The van der Waals surface area contributed by atoms with E-state index in [0.29, 0.717) is 17.2 Å². The molecule has 6 heteroatoms. The van der Waals surface area contributed by atoms with E-state index >= 15 is 0 Å². The van der Waals surface area contributed by atoms with Gasteiger partial charge in [0.2, 0.25) is 4.77 Å². The first-order chi connectivity index (χ1) is 12.9. The lowest BCUT2D eigenvalue weighted by atomic mass is 9.87. The van der Waals surface area contributed by atoms with Crippen LogP contribution in [0, 0.1) is 4.77 Å². The molecular weight excluding hydrogens is 356 g/mol. The van der Waals surface area contributed by atoms with E-state index in [-0.39, 0.29) is 5.41 Å². The van der Waals surface area contributed by atoms with Gasteiger partial charge in [-0.05, 0) is 59.9 Å². The summed E-state index contributed by atoms with van der Waals surface area (Å²) in [5.74, 6) is 1.52. The molecule has 27 heavy (non-hydrogen) atoms. The molecule has 0 aliphatic rings. The van der Waals surface area contributed by atoms with Gasteiger partial charge in [-0.15, -0.1) is 0 Å². The summed E-state index contributed by atoms with van der Waals surface area (Å²) in [5.41, 5.74) is 3.29. The van der Waals surface area contributed by atoms with Crippen LogP contribution in [0.4, 0.5) is 0 Å². The molecule has 1 heterocycles. The number of ether oxygens (including phenoxy) is 1. The predicted octanol–water partition coefficient (Wildman–Crippen LogP) is 5.19. The molecule has 0 spiro atoms. The molecule has 0 fully saturated rings. The highest BCUT2D eigenvalue weighted by Gasteiger charge is 2.14. The zero-order valence-electron chi connectivity index (χ0n) is 16.1. The molecule has 0 atom stereocenters. The second-order valence-electron chi connectivity index (χ2n) is 7.24. The molecule has 0 unspecified atom stereocenters. The Labute approximate surface area is 164 Å². The number of nitrogens with zero attached hydrogens (tertiary/aromatic N) is 3. The van der Waals surface area contributed by atoms with Crippen LogP contribution in [0.25, 0.3) is 11.4 Å². The third kappa shape index (κ3) is 4.52. The third-order valence-corrected chi connectivity index (χ3v) is 4.44. The third-order valence-electron chi connectivity index (χ3n) is 4.17. The fourth-order valence-corrected chi connectivity index (χ4v) is 2.83. The van der Waals surface area contributed by atoms with Crippen molar-refractivity contribution in [3.05, 3.63) is 64.4 Å². The molecule has 1 N–H and O–H groups in total. The molecule has 0 bridgehead atoms. The topological polar surface area (TPSA) is 55.2 Å². The minimum atomic E-state index is 0.106. The van der Waals surface area contributed by atoms with Crippen LogP contribution in [-0.4, -0.2) is 27.7 Å². The van der Waals surface area contributed by atoms with Crippen LogP contribution in [0.2, 0.25) is 0 Å². The van der Waals surface area contributed by atoms with Gasteiger partial charge in [-0.1, -0.05) is 45.0 Å². The Hall–Kier alpha value is -2.73. The minimum Gasteiger partial charge on any atom is -0.494 e. The molecule has 5 nitrogen and oxygen atoms in total. The maximum atomic E-state index is 5.46. The van der Waals surface area contributed by atoms with Gasteiger partial charge in [-0.2, -0.15) is 14.9 Å². The number of benzene rings is 2. The fourth-order valence-electron chi connectivity index (χ4n) is 2.65. The van der Waals surface area contributed by atoms with Crippen LogP contribution in [0.1, 0.15) is 38.8 Å². The molecule has 0 amide bonds. The van der Waals surface area contributed by atoms with Gasteiger partial charge in [-0.3, -0.25) is 0 Å². The van der Waals surface area contributed by atoms with E-state index in [9.17, 15) is 0 Å². The second kappa shape index (κ2) is 7.88. The number of nitrogens with one attached hydrogen (secondary N) is 1. The maximum Gasteiger partial charge on any atom is 0.216 e. The smallest absolute Gasteiger partial charge is 0.216 e. The molecule has 0 saturated heterocycles. The standard InChI is InChI=1S/C21H24N4OS/c1-5-26-18-12-6-15(7-13-18)14-22-25-19(23-24-20(25)27)16-8-10-17(11-9-16)21(2,3)4/h6-14H,5H2,1-4H3,(H,24,27)/b22-14-. The Morgan fingerprint density at radius 2 is 1.78 bits per heavy atom. The van der Waals surface area contributed by atoms with E-state index in [2.05, 4.69) is 60.3 Å². The molecule has 2 aromatic carbocycles. The highest BCUT2D eigenvalue weighted by Crippen LogP contribution is 2.25. The quantitative estimate of drug-likeness (QED) is 0.490. The highest BCUT2D eigenvalue weighted by molar-refractivity contribution is 7.71. The zero-order valence-corrected chi connectivity index (χ0v) is 16.9. The summed E-state index contributed by atoms with van der Waals surface area (Å²) < 4.78 is 7.55. The van der Waals surface area contributed by atoms with Crippen LogP contribution >= 0.6 is 12.2 Å². The second-order valence-corrected chi connectivity index (χ2v) is 7.62. The number of aromatic nitrogens is 3. The monoisotopic (exact) mass is 380 g/mol. The Morgan fingerprint density at radius 1 is 1.11 bits per heavy atom. The van der Waals surface area contributed by atoms with Gasteiger partial charge in [-0.25, -0.2) is 5.10 Å². The van der Waals surface area contributed by atoms with Gasteiger partial charge in [0, 0.05) is 5.56 Å². The Balaban J connectivity index is 1.87. The van der Waals surface area contributed by atoms with Gasteiger partial charge in [0.05, 0.1) is 12.8 Å². The van der Waals surface area contributed by atoms with Crippen LogP contribution < -0.4 is 4.74 Å². The molecule has 0 saturated carbocycles. The number of hydrogen-bond acceptors (Lipinski definition) is 4. The van der Waals surface area contributed by atoms with Crippen LogP contribution in [0.5, 0.6) is 5.75 Å². The number of H-pyrrole nitrogens is 1. The van der Waals surface area contributed by atoms with Gasteiger partial charge < -0.3 is 4.74 Å². The molecule has 140 valence electrons. The van der Waals surface area contributed by atoms with Crippen LogP contribution in [0.15, 0.2) is 53.6 Å². The predicted molar refractivity (Wildman–Crippen MR) is 112 cm³/mol. The summed E-state index contributed by atoms with van der Waals surface area (Å²) in [4.78, 5) is 0.